The van der Waals surface area contributed by atoms with Gasteiger partial charge in [-0.1, -0.05) is 6.07 Å². The summed E-state index contributed by atoms with van der Waals surface area (Å²) >= 11 is 0. The first kappa shape index (κ1) is 36.5. The Morgan fingerprint density at radius 3 is 1.78 bits per heavy atom. The maximum atomic E-state index is 12.8. The fourth-order valence-electron chi connectivity index (χ4n) is 2.95. The second-order valence-corrected chi connectivity index (χ2v) is 10.9. The molecule has 0 unspecified atom stereocenters. The minimum atomic E-state index is -5.12. The van der Waals surface area contributed by atoms with Gasteiger partial charge in [-0.15, -0.1) is 0 Å². The van der Waals surface area contributed by atoms with Gasteiger partial charge in [0, 0.05) is 106 Å². The van der Waals surface area contributed by atoms with Crippen molar-refractivity contribution in [2.75, 3.05) is 5.32 Å². The molecule has 0 saturated heterocycles. The minimum Gasteiger partial charge on any atom is -0.321 e. The molecule has 3 aromatic carbocycles. The molecule has 0 aliphatic rings. The van der Waals surface area contributed by atoms with Gasteiger partial charge in [-0.3, -0.25) is 28.6 Å². The number of amides is 1. The average Bonchev–Trinajstić information content (AvgIpc) is 2.70. The zero-order valence-corrected chi connectivity index (χ0v) is 27.8. The maximum Gasteiger partial charge on any atom is 0.295 e. The molecule has 0 bridgehead atoms. The molecule has 0 aliphatic heterocycles. The van der Waals surface area contributed by atoms with Crippen LogP contribution in [0, 0.1) is 10.1 Å². The number of non-ortho nitro benzene ring substituents is 1. The monoisotopic (exact) mass is 601 g/mol. The molecule has 3 radical (unpaired) electrons. The number of nitrogens with zero attached hydrogens (tertiary/aromatic N) is 1. The molecule has 1 amide bonds. The number of anilines is 1. The van der Waals surface area contributed by atoms with Crippen LogP contribution in [0.4, 0.5) is 11.4 Å². The predicted molar refractivity (Wildman–Crippen MR) is 132 cm³/mol. The molecule has 3 rings (SSSR count). The number of fused-ring (bicyclic) bond motifs is 1. The number of carbonyl (C=O) groups excluding carboxylic acids is 1. The molecule has 0 saturated carbocycles. The van der Waals surface area contributed by atoms with E-state index in [4.69, 9.17) is 0 Å². The van der Waals surface area contributed by atoms with E-state index in [-0.39, 0.29) is 105 Å². The third kappa shape index (κ3) is 8.75. The predicted octanol–water partition coefficient (Wildman–Crippen LogP) is 0.598. The number of nitrogens with one attached hydrogen (secondary N) is 1. The van der Waals surface area contributed by atoms with Crippen LogP contribution in [0.2, 0.25) is 0 Å². The van der Waals surface area contributed by atoms with Gasteiger partial charge in [0.05, 0.1) is 26.0 Å². The van der Waals surface area contributed by atoms with E-state index in [0.717, 1.165) is 42.5 Å². The van der Waals surface area contributed by atoms with Crippen molar-refractivity contribution in [3.05, 3.63) is 64.2 Å². The molecule has 183 valence electrons. The summed E-state index contributed by atoms with van der Waals surface area (Å²) in [6.45, 7) is 0. The zero-order chi connectivity index (χ0) is 25.6. The second kappa shape index (κ2) is 13.2. The smallest absolute Gasteiger partial charge is 0.295 e. The quantitative estimate of drug-likeness (QED) is 0.132. The normalized spacial score (nSPS) is 11.4. The van der Waals surface area contributed by atoms with Crippen LogP contribution < -0.4 is 5.32 Å². The van der Waals surface area contributed by atoms with E-state index in [2.05, 4.69) is 5.32 Å². The number of nitro benzene ring substituents is 1. The Labute approximate surface area is 276 Å². The summed E-state index contributed by atoms with van der Waals surface area (Å²) in [6, 6.07) is 6.46. The Bertz CT molecular complexity index is 1700. The van der Waals surface area contributed by atoms with Gasteiger partial charge in [0.15, 0.2) is 0 Å². The molecule has 3 aromatic rings. The van der Waals surface area contributed by atoms with Crippen molar-refractivity contribution in [3.63, 3.8) is 0 Å². The average molecular weight is 601 g/mol. The summed E-state index contributed by atoms with van der Waals surface area (Å²) < 4.78 is 97.5. The van der Waals surface area contributed by atoms with E-state index in [1.165, 1.54) is 0 Å². The summed E-state index contributed by atoms with van der Waals surface area (Å²) in [4.78, 5) is 20.2. The molecular formula is C17H12N2Na3O12S3. The Balaban J connectivity index is 0.00000432. The van der Waals surface area contributed by atoms with E-state index in [1.54, 1.807) is 0 Å². The Morgan fingerprint density at radius 1 is 0.757 bits per heavy atom. The number of carbonyl (C=O) groups is 1. The van der Waals surface area contributed by atoms with Gasteiger partial charge in [0.2, 0.25) is 0 Å². The first-order chi connectivity index (χ1) is 15.5. The topological polar surface area (TPSA) is 235 Å². The number of hydrogen-bond acceptors (Lipinski definition) is 9. The summed E-state index contributed by atoms with van der Waals surface area (Å²) in [5, 5.41) is 12.9. The fraction of sp³-hybridized carbons (Fsp3) is 0. The first-order valence-corrected chi connectivity index (χ1v) is 12.9. The Kier molecular flexibility index (Phi) is 13.1. The van der Waals surface area contributed by atoms with E-state index < -0.39 is 67.1 Å². The van der Waals surface area contributed by atoms with Crippen molar-refractivity contribution in [2.45, 2.75) is 14.7 Å². The molecule has 37 heavy (non-hydrogen) atoms. The molecule has 4 N–H and O–H groups in total. The molecule has 0 atom stereocenters. The number of nitro groups is 1. The van der Waals surface area contributed by atoms with Crippen molar-refractivity contribution >= 4 is 147 Å². The summed E-state index contributed by atoms with van der Waals surface area (Å²) in [5.74, 6) is -1.25. The van der Waals surface area contributed by atoms with Crippen LogP contribution in [-0.4, -0.2) is 138 Å². The molecule has 20 heteroatoms. The van der Waals surface area contributed by atoms with Crippen molar-refractivity contribution in [1.29, 1.82) is 0 Å². The summed E-state index contributed by atoms with van der Waals surface area (Å²) in [7, 11) is -14.7. The third-order valence-electron chi connectivity index (χ3n) is 4.44. The van der Waals surface area contributed by atoms with Gasteiger partial charge in [0.1, 0.15) is 4.90 Å². The molecule has 0 heterocycles. The third-order valence-corrected chi connectivity index (χ3v) is 7.01. The Morgan fingerprint density at radius 2 is 1.30 bits per heavy atom. The van der Waals surface area contributed by atoms with Crippen LogP contribution in [0.1, 0.15) is 10.4 Å². The van der Waals surface area contributed by atoms with Crippen molar-refractivity contribution in [2.24, 2.45) is 0 Å². The van der Waals surface area contributed by atoms with E-state index in [9.17, 15) is 53.8 Å². The molecule has 0 fully saturated rings. The number of hydrogen-bond donors (Lipinski definition) is 4. The van der Waals surface area contributed by atoms with Crippen molar-refractivity contribution in [3.8, 4) is 0 Å². The molecule has 14 nitrogen and oxygen atoms in total. The van der Waals surface area contributed by atoms with Crippen LogP contribution >= 0.6 is 0 Å². The summed E-state index contributed by atoms with van der Waals surface area (Å²) in [6.07, 6.45) is 0. The van der Waals surface area contributed by atoms with Gasteiger partial charge < -0.3 is 5.32 Å². The maximum absolute atomic E-state index is 12.8. The Hall–Kier alpha value is -0.480. The van der Waals surface area contributed by atoms with Gasteiger partial charge in [-0.2, -0.15) is 25.3 Å². The molecule has 0 aromatic heterocycles. The van der Waals surface area contributed by atoms with Crippen LogP contribution in [-0.2, 0) is 30.4 Å². The first-order valence-electron chi connectivity index (χ1n) is 8.58. The summed E-state index contributed by atoms with van der Waals surface area (Å²) in [5.41, 5.74) is -1.84. The molecular weight excluding hydrogens is 589 g/mol. The number of rotatable bonds is 6. The SMILES string of the molecule is O=C(Nc1cc(S(=O)(=O)O)cc2cc(S(=O)(=O)O)ccc12)c1ccc([N+](=O)[O-])cc1S(=O)(=O)O.[Na].[Na].[Na]. The minimum absolute atomic E-state index is 0. The second-order valence-electron chi connectivity index (χ2n) is 6.67. The van der Waals surface area contributed by atoms with E-state index in [1.807, 2.05) is 0 Å². The number of benzene rings is 3. The standard InChI is InChI=1S/C17H12N2O12S3.3Na/c20-17(14-3-1-10(19(21)22)7-16(14)34(29,30)31)18-15-8-12(33(26,27)28)6-9-5-11(32(23,24)25)2-4-13(9)15;;;/h1-8H,(H,18,20)(H,23,24,25)(H,26,27,28)(H,29,30,31);;;. The molecule has 0 spiro atoms. The van der Waals surface area contributed by atoms with Gasteiger partial charge >= 0.3 is 0 Å². The van der Waals surface area contributed by atoms with Crippen LogP contribution in [0.25, 0.3) is 10.8 Å². The van der Waals surface area contributed by atoms with Gasteiger partial charge in [0.25, 0.3) is 41.9 Å². The van der Waals surface area contributed by atoms with Crippen LogP contribution in [0.5, 0.6) is 0 Å². The van der Waals surface area contributed by atoms with E-state index >= 15 is 0 Å². The zero-order valence-electron chi connectivity index (χ0n) is 19.3. The van der Waals surface area contributed by atoms with Crippen LogP contribution in [0.3, 0.4) is 0 Å². The fourth-order valence-corrected chi connectivity index (χ4v) is 4.72. The van der Waals surface area contributed by atoms with Crippen molar-refractivity contribution < 1.29 is 48.6 Å². The van der Waals surface area contributed by atoms with E-state index in [0.29, 0.717) is 6.07 Å². The van der Waals surface area contributed by atoms with Crippen molar-refractivity contribution in [1.82, 2.24) is 0 Å². The van der Waals surface area contributed by atoms with Gasteiger partial charge in [-0.25, -0.2) is 0 Å². The van der Waals surface area contributed by atoms with Gasteiger partial charge in [-0.05, 0) is 35.7 Å². The van der Waals surface area contributed by atoms with Crippen LogP contribution in [0.15, 0.2) is 63.2 Å². The molecule has 0 aliphatic carbocycles. The largest absolute Gasteiger partial charge is 0.321 e.